The Morgan fingerprint density at radius 1 is 0.833 bits per heavy atom. The van der Waals surface area contributed by atoms with Gasteiger partial charge in [0.05, 0.1) is 0 Å². The zero-order chi connectivity index (χ0) is 25.3. The third-order valence-electron chi connectivity index (χ3n) is 6.38. The molecule has 2 amide bonds. The van der Waals surface area contributed by atoms with Crippen LogP contribution in [0.4, 0.5) is 0 Å². The van der Waals surface area contributed by atoms with Crippen LogP contribution in [0.3, 0.4) is 0 Å². The quantitative estimate of drug-likeness (QED) is 0.255. The normalized spacial score (nSPS) is 11.7. The minimum absolute atomic E-state index is 0.0296. The topological polar surface area (TPSA) is 49.4 Å². The SMILES string of the molecule is CCNC(=O)C(Cc1ccccc1)N(Cc1ccc(Br)cc1)C(=O)CCc1cccc2ccccc12. The molecule has 36 heavy (non-hydrogen) atoms. The fourth-order valence-electron chi connectivity index (χ4n) is 4.53. The number of nitrogens with one attached hydrogen (secondary N) is 1. The van der Waals surface area contributed by atoms with Crippen molar-refractivity contribution in [3.8, 4) is 0 Å². The molecule has 0 aromatic heterocycles. The van der Waals surface area contributed by atoms with Crippen LogP contribution in [0.25, 0.3) is 10.8 Å². The molecule has 5 heteroatoms. The van der Waals surface area contributed by atoms with Crippen molar-refractivity contribution in [2.24, 2.45) is 0 Å². The molecule has 0 radical (unpaired) electrons. The van der Waals surface area contributed by atoms with Gasteiger partial charge in [0.2, 0.25) is 11.8 Å². The van der Waals surface area contributed by atoms with Gasteiger partial charge in [-0.25, -0.2) is 0 Å². The third kappa shape index (κ3) is 6.61. The Bertz CT molecular complexity index is 1300. The van der Waals surface area contributed by atoms with E-state index in [1.807, 2.05) is 79.7 Å². The first kappa shape index (κ1) is 25.6. The Kier molecular flexibility index (Phi) is 8.90. The molecule has 0 fully saturated rings. The predicted octanol–water partition coefficient (Wildman–Crippen LogP) is 6.31. The van der Waals surface area contributed by atoms with Gasteiger partial charge < -0.3 is 10.2 Å². The maximum absolute atomic E-state index is 13.8. The van der Waals surface area contributed by atoms with E-state index in [0.717, 1.165) is 26.5 Å². The highest BCUT2D eigenvalue weighted by Gasteiger charge is 2.30. The summed E-state index contributed by atoms with van der Waals surface area (Å²) in [6.07, 6.45) is 1.41. The smallest absolute Gasteiger partial charge is 0.243 e. The molecule has 4 rings (SSSR count). The zero-order valence-electron chi connectivity index (χ0n) is 20.5. The van der Waals surface area contributed by atoms with Crippen molar-refractivity contribution >= 4 is 38.5 Å². The van der Waals surface area contributed by atoms with E-state index in [2.05, 4.69) is 45.5 Å². The van der Waals surface area contributed by atoms with Crippen molar-refractivity contribution in [3.63, 3.8) is 0 Å². The molecule has 1 atom stereocenters. The van der Waals surface area contributed by atoms with Crippen LogP contribution in [0.2, 0.25) is 0 Å². The predicted molar refractivity (Wildman–Crippen MR) is 150 cm³/mol. The second-order valence-corrected chi connectivity index (χ2v) is 9.80. The van der Waals surface area contributed by atoms with Crippen molar-refractivity contribution in [2.45, 2.75) is 38.8 Å². The van der Waals surface area contributed by atoms with Crippen LogP contribution in [-0.4, -0.2) is 29.3 Å². The summed E-state index contributed by atoms with van der Waals surface area (Å²) in [5, 5.41) is 5.28. The average Bonchev–Trinajstić information content (AvgIpc) is 2.91. The summed E-state index contributed by atoms with van der Waals surface area (Å²) >= 11 is 3.48. The highest BCUT2D eigenvalue weighted by Crippen LogP contribution is 2.22. The van der Waals surface area contributed by atoms with E-state index in [1.165, 1.54) is 5.39 Å². The molecular weight excluding hydrogens is 512 g/mol. The van der Waals surface area contributed by atoms with E-state index >= 15 is 0 Å². The van der Waals surface area contributed by atoms with Crippen molar-refractivity contribution < 1.29 is 9.59 Å². The highest BCUT2D eigenvalue weighted by molar-refractivity contribution is 9.10. The number of hydrogen-bond donors (Lipinski definition) is 1. The van der Waals surface area contributed by atoms with Gasteiger partial charge in [-0.2, -0.15) is 0 Å². The average molecular weight is 544 g/mol. The minimum Gasteiger partial charge on any atom is -0.355 e. The molecule has 0 aliphatic rings. The third-order valence-corrected chi connectivity index (χ3v) is 6.91. The first-order valence-corrected chi connectivity index (χ1v) is 13.2. The van der Waals surface area contributed by atoms with Gasteiger partial charge in [-0.05, 0) is 52.9 Å². The van der Waals surface area contributed by atoms with Gasteiger partial charge in [0.15, 0.2) is 0 Å². The minimum atomic E-state index is -0.601. The van der Waals surface area contributed by atoms with Crippen LogP contribution in [0.1, 0.15) is 30.0 Å². The molecule has 0 saturated carbocycles. The van der Waals surface area contributed by atoms with Gasteiger partial charge >= 0.3 is 0 Å². The second-order valence-electron chi connectivity index (χ2n) is 8.89. The molecule has 1 N–H and O–H groups in total. The number of aryl methyl sites for hydroxylation is 1. The fourth-order valence-corrected chi connectivity index (χ4v) is 4.79. The number of likely N-dealkylation sites (N-methyl/N-ethyl adjacent to an activating group) is 1. The molecule has 0 saturated heterocycles. The lowest BCUT2D eigenvalue weighted by Crippen LogP contribution is -2.50. The van der Waals surface area contributed by atoms with Gasteiger partial charge in [0.1, 0.15) is 6.04 Å². The summed E-state index contributed by atoms with van der Waals surface area (Å²) in [6.45, 7) is 2.79. The first-order chi connectivity index (χ1) is 17.5. The Morgan fingerprint density at radius 2 is 1.53 bits per heavy atom. The van der Waals surface area contributed by atoms with E-state index in [1.54, 1.807) is 4.90 Å². The molecular formula is C31H31BrN2O2. The lowest BCUT2D eigenvalue weighted by molar-refractivity contribution is -0.141. The maximum atomic E-state index is 13.8. The fraction of sp³-hybridized carbons (Fsp3) is 0.226. The van der Waals surface area contributed by atoms with E-state index in [9.17, 15) is 9.59 Å². The lowest BCUT2D eigenvalue weighted by Gasteiger charge is -2.31. The van der Waals surface area contributed by atoms with Crippen LogP contribution in [0, 0.1) is 0 Å². The van der Waals surface area contributed by atoms with Crippen LogP contribution in [-0.2, 0) is 29.0 Å². The number of fused-ring (bicyclic) bond motifs is 1. The van der Waals surface area contributed by atoms with Crippen molar-refractivity contribution in [3.05, 3.63) is 118 Å². The second kappa shape index (κ2) is 12.5. The summed E-state index contributed by atoms with van der Waals surface area (Å²) in [6, 6.07) is 31.7. The molecule has 4 nitrogen and oxygen atoms in total. The zero-order valence-corrected chi connectivity index (χ0v) is 22.1. The standard InChI is InChI=1S/C31H31BrN2O2/c1-2-33-31(36)29(21-23-9-4-3-5-10-23)34(22-24-15-18-27(32)19-16-24)30(35)20-17-26-13-8-12-25-11-6-7-14-28(25)26/h3-16,18-19,29H,2,17,20-22H2,1H3,(H,33,36). The molecule has 0 aliphatic carbocycles. The first-order valence-electron chi connectivity index (χ1n) is 12.4. The van der Waals surface area contributed by atoms with E-state index < -0.39 is 6.04 Å². The van der Waals surface area contributed by atoms with Crippen LogP contribution >= 0.6 is 15.9 Å². The van der Waals surface area contributed by atoms with Gasteiger partial charge in [0.25, 0.3) is 0 Å². The maximum Gasteiger partial charge on any atom is 0.243 e. The number of carbonyl (C=O) groups excluding carboxylic acids is 2. The van der Waals surface area contributed by atoms with Gasteiger partial charge in [-0.1, -0.05) is 101 Å². The summed E-state index contributed by atoms with van der Waals surface area (Å²) in [5.74, 6) is -0.157. The number of nitrogens with zero attached hydrogens (tertiary/aromatic N) is 1. The van der Waals surface area contributed by atoms with Crippen molar-refractivity contribution in [1.82, 2.24) is 10.2 Å². The monoisotopic (exact) mass is 542 g/mol. The summed E-state index contributed by atoms with van der Waals surface area (Å²) in [7, 11) is 0. The number of benzene rings is 4. The summed E-state index contributed by atoms with van der Waals surface area (Å²) in [5.41, 5.74) is 3.15. The number of halogens is 1. The van der Waals surface area contributed by atoms with Crippen LogP contribution in [0.15, 0.2) is 102 Å². The molecule has 184 valence electrons. The van der Waals surface area contributed by atoms with Gasteiger partial charge in [-0.3, -0.25) is 9.59 Å². The Hall–Kier alpha value is -3.44. The number of hydrogen-bond acceptors (Lipinski definition) is 2. The summed E-state index contributed by atoms with van der Waals surface area (Å²) in [4.78, 5) is 28.8. The molecule has 0 bridgehead atoms. The van der Waals surface area contributed by atoms with E-state index in [4.69, 9.17) is 0 Å². The number of rotatable bonds is 10. The summed E-state index contributed by atoms with van der Waals surface area (Å²) < 4.78 is 0.977. The van der Waals surface area contributed by atoms with E-state index in [0.29, 0.717) is 32.4 Å². The van der Waals surface area contributed by atoms with Gasteiger partial charge in [0, 0.05) is 30.4 Å². The Labute approximate surface area is 221 Å². The van der Waals surface area contributed by atoms with E-state index in [-0.39, 0.29) is 11.8 Å². The number of amides is 2. The molecule has 4 aromatic carbocycles. The van der Waals surface area contributed by atoms with Crippen LogP contribution in [0.5, 0.6) is 0 Å². The molecule has 0 spiro atoms. The molecule has 0 heterocycles. The number of carbonyl (C=O) groups is 2. The molecule has 4 aromatic rings. The van der Waals surface area contributed by atoms with Gasteiger partial charge in [-0.15, -0.1) is 0 Å². The lowest BCUT2D eigenvalue weighted by atomic mass is 9.99. The molecule has 1 unspecified atom stereocenters. The van der Waals surface area contributed by atoms with Crippen molar-refractivity contribution in [2.75, 3.05) is 6.54 Å². The largest absolute Gasteiger partial charge is 0.355 e. The van der Waals surface area contributed by atoms with Crippen LogP contribution < -0.4 is 5.32 Å². The highest BCUT2D eigenvalue weighted by atomic mass is 79.9. The van der Waals surface area contributed by atoms with Crippen molar-refractivity contribution in [1.29, 1.82) is 0 Å². The Morgan fingerprint density at radius 3 is 2.28 bits per heavy atom. The molecule has 0 aliphatic heterocycles. The Balaban J connectivity index is 1.62.